The lowest BCUT2D eigenvalue weighted by atomic mass is 10.1. The molecule has 1 aliphatic heterocycles. The monoisotopic (exact) mass is 357 g/mol. The fourth-order valence-electron chi connectivity index (χ4n) is 3.06. The molecule has 132 valence electrons. The zero-order valence-corrected chi connectivity index (χ0v) is 15.5. The molecule has 1 aromatic heterocycles. The van der Waals surface area contributed by atoms with Crippen LogP contribution in [-0.2, 0) is 4.79 Å². The van der Waals surface area contributed by atoms with E-state index in [1.165, 1.54) is 16.9 Å². The third-order valence-electron chi connectivity index (χ3n) is 4.41. The molecule has 6 heteroatoms. The van der Waals surface area contributed by atoms with Crippen LogP contribution in [0.4, 0.5) is 0 Å². The van der Waals surface area contributed by atoms with E-state index in [-0.39, 0.29) is 11.8 Å². The first-order valence-electron chi connectivity index (χ1n) is 8.64. The molecule has 3 rings (SSSR count). The number of nitrogens with one attached hydrogen (secondary N) is 1. The fourth-order valence-corrected chi connectivity index (χ4v) is 3.95. The summed E-state index contributed by atoms with van der Waals surface area (Å²) in [6.45, 7) is 6.23. The molecule has 0 unspecified atom stereocenters. The highest BCUT2D eigenvalue weighted by Gasteiger charge is 2.19. The van der Waals surface area contributed by atoms with Gasteiger partial charge in [-0.25, -0.2) is 4.98 Å². The number of hydrogen-bond donors (Lipinski definition) is 1. The Morgan fingerprint density at radius 1 is 1.36 bits per heavy atom. The molecule has 2 heterocycles. The van der Waals surface area contributed by atoms with Crippen molar-refractivity contribution in [3.05, 3.63) is 40.4 Å². The average molecular weight is 357 g/mol. The maximum atomic E-state index is 12.2. The second kappa shape index (κ2) is 7.78. The molecule has 1 fully saturated rings. The van der Waals surface area contributed by atoms with Gasteiger partial charge >= 0.3 is 0 Å². The van der Waals surface area contributed by atoms with Crippen molar-refractivity contribution in [1.82, 2.24) is 15.2 Å². The third kappa shape index (κ3) is 4.25. The van der Waals surface area contributed by atoms with Crippen LogP contribution in [0.25, 0.3) is 10.6 Å². The molecule has 2 aromatic rings. The molecular formula is C19H23N3O2S. The van der Waals surface area contributed by atoms with E-state index in [1.54, 1.807) is 5.38 Å². The van der Waals surface area contributed by atoms with Gasteiger partial charge in [-0.05, 0) is 32.3 Å². The Morgan fingerprint density at radius 2 is 2.20 bits per heavy atom. The van der Waals surface area contributed by atoms with Crippen molar-refractivity contribution in [3.63, 3.8) is 0 Å². The minimum Gasteiger partial charge on any atom is -0.351 e. The Kier molecular flexibility index (Phi) is 5.48. The smallest absolute Gasteiger partial charge is 0.270 e. The van der Waals surface area contributed by atoms with Crippen molar-refractivity contribution < 1.29 is 9.59 Å². The number of rotatable bonds is 6. The molecule has 0 saturated carbocycles. The molecule has 0 aliphatic carbocycles. The standard InChI is InChI=1S/C19H23N3O2S/c1-13-6-7-15(14(2)11-13)19-21-16(12-25-19)18(24)20-8-4-10-22-9-3-5-17(22)23/h6-7,11-12H,3-5,8-10H2,1-2H3,(H,20,24). The normalized spacial score (nSPS) is 14.2. The van der Waals surface area contributed by atoms with Gasteiger partial charge in [0, 0.05) is 37.0 Å². The van der Waals surface area contributed by atoms with Crippen LogP contribution in [0, 0.1) is 13.8 Å². The molecule has 25 heavy (non-hydrogen) atoms. The predicted molar refractivity (Wildman–Crippen MR) is 99.8 cm³/mol. The van der Waals surface area contributed by atoms with Crippen molar-refractivity contribution >= 4 is 23.2 Å². The van der Waals surface area contributed by atoms with Crippen LogP contribution in [0.5, 0.6) is 0 Å². The van der Waals surface area contributed by atoms with E-state index in [2.05, 4.69) is 42.3 Å². The molecule has 0 bridgehead atoms. The molecule has 0 spiro atoms. The molecule has 0 radical (unpaired) electrons. The summed E-state index contributed by atoms with van der Waals surface area (Å²) in [4.78, 5) is 30.1. The predicted octanol–water partition coefficient (Wildman–Crippen LogP) is 3.17. The topological polar surface area (TPSA) is 62.3 Å². The molecule has 2 amide bonds. The largest absolute Gasteiger partial charge is 0.351 e. The number of aryl methyl sites for hydroxylation is 2. The summed E-state index contributed by atoms with van der Waals surface area (Å²) in [5.74, 6) is 0.0731. The first-order valence-corrected chi connectivity index (χ1v) is 9.51. The first kappa shape index (κ1) is 17.6. The Morgan fingerprint density at radius 3 is 2.92 bits per heavy atom. The van der Waals surface area contributed by atoms with Crippen LogP contribution in [0.3, 0.4) is 0 Å². The third-order valence-corrected chi connectivity index (χ3v) is 5.29. The fraction of sp³-hybridized carbons (Fsp3) is 0.421. The van der Waals surface area contributed by atoms with Crippen LogP contribution in [0.2, 0.25) is 0 Å². The second-order valence-electron chi connectivity index (χ2n) is 6.45. The van der Waals surface area contributed by atoms with Gasteiger partial charge in [0.2, 0.25) is 5.91 Å². The van der Waals surface area contributed by atoms with E-state index in [4.69, 9.17) is 0 Å². The highest BCUT2D eigenvalue weighted by Crippen LogP contribution is 2.27. The molecule has 1 saturated heterocycles. The molecular weight excluding hydrogens is 334 g/mol. The second-order valence-corrected chi connectivity index (χ2v) is 7.31. The van der Waals surface area contributed by atoms with E-state index in [9.17, 15) is 9.59 Å². The van der Waals surface area contributed by atoms with Gasteiger partial charge < -0.3 is 10.2 Å². The Balaban J connectivity index is 1.53. The van der Waals surface area contributed by atoms with Crippen molar-refractivity contribution in [2.75, 3.05) is 19.6 Å². The van der Waals surface area contributed by atoms with Crippen LogP contribution in [-0.4, -0.2) is 41.3 Å². The van der Waals surface area contributed by atoms with Crippen LogP contribution in [0.15, 0.2) is 23.6 Å². The lowest BCUT2D eigenvalue weighted by Gasteiger charge is -2.15. The summed E-state index contributed by atoms with van der Waals surface area (Å²) in [6, 6.07) is 6.23. The first-order chi connectivity index (χ1) is 12.0. The van der Waals surface area contributed by atoms with Crippen LogP contribution in [0.1, 0.15) is 40.9 Å². The van der Waals surface area contributed by atoms with E-state index in [1.807, 2.05) is 4.90 Å². The summed E-state index contributed by atoms with van der Waals surface area (Å²) in [7, 11) is 0. The number of thiazole rings is 1. The zero-order valence-electron chi connectivity index (χ0n) is 14.7. The van der Waals surface area contributed by atoms with Gasteiger partial charge in [0.05, 0.1) is 0 Å². The minimum atomic E-state index is -0.153. The van der Waals surface area contributed by atoms with E-state index >= 15 is 0 Å². The molecule has 1 aliphatic rings. The molecule has 1 N–H and O–H groups in total. The maximum absolute atomic E-state index is 12.2. The van der Waals surface area contributed by atoms with Crippen molar-refractivity contribution in [3.8, 4) is 10.6 Å². The minimum absolute atomic E-state index is 0.153. The van der Waals surface area contributed by atoms with Crippen LogP contribution < -0.4 is 5.32 Å². The van der Waals surface area contributed by atoms with E-state index in [0.717, 1.165) is 35.5 Å². The van der Waals surface area contributed by atoms with Crippen molar-refractivity contribution in [2.45, 2.75) is 33.1 Å². The van der Waals surface area contributed by atoms with Gasteiger partial charge in [0.25, 0.3) is 5.91 Å². The Hall–Kier alpha value is -2.21. The van der Waals surface area contributed by atoms with Gasteiger partial charge in [0.1, 0.15) is 10.7 Å². The SMILES string of the molecule is Cc1ccc(-c2nc(C(=O)NCCCN3CCCC3=O)cs2)c(C)c1. The molecule has 0 atom stereocenters. The van der Waals surface area contributed by atoms with Crippen molar-refractivity contribution in [2.24, 2.45) is 0 Å². The number of nitrogens with zero attached hydrogens (tertiary/aromatic N) is 2. The summed E-state index contributed by atoms with van der Waals surface area (Å²) in [5.41, 5.74) is 3.91. The van der Waals surface area contributed by atoms with Gasteiger partial charge in [-0.15, -0.1) is 11.3 Å². The number of hydrogen-bond acceptors (Lipinski definition) is 4. The number of carbonyl (C=O) groups is 2. The maximum Gasteiger partial charge on any atom is 0.270 e. The van der Waals surface area contributed by atoms with Gasteiger partial charge in [0.15, 0.2) is 0 Å². The lowest BCUT2D eigenvalue weighted by molar-refractivity contribution is -0.127. The van der Waals surface area contributed by atoms with E-state index in [0.29, 0.717) is 25.2 Å². The highest BCUT2D eigenvalue weighted by molar-refractivity contribution is 7.13. The number of likely N-dealkylation sites (tertiary alicyclic amines) is 1. The number of benzene rings is 1. The van der Waals surface area contributed by atoms with Gasteiger partial charge in [-0.3, -0.25) is 9.59 Å². The Bertz CT molecular complexity index is 785. The number of amides is 2. The number of aromatic nitrogens is 1. The Labute approximate surface area is 152 Å². The van der Waals surface area contributed by atoms with Gasteiger partial charge in [-0.2, -0.15) is 0 Å². The highest BCUT2D eigenvalue weighted by atomic mass is 32.1. The average Bonchev–Trinajstić information content (AvgIpc) is 3.21. The van der Waals surface area contributed by atoms with Gasteiger partial charge in [-0.1, -0.05) is 23.8 Å². The lowest BCUT2D eigenvalue weighted by Crippen LogP contribution is -2.30. The number of carbonyl (C=O) groups excluding carboxylic acids is 2. The van der Waals surface area contributed by atoms with Crippen molar-refractivity contribution in [1.29, 1.82) is 0 Å². The summed E-state index contributed by atoms with van der Waals surface area (Å²) < 4.78 is 0. The molecule has 1 aromatic carbocycles. The summed E-state index contributed by atoms with van der Waals surface area (Å²) in [6.07, 6.45) is 2.38. The molecule has 5 nitrogen and oxygen atoms in total. The summed E-state index contributed by atoms with van der Waals surface area (Å²) >= 11 is 1.49. The quantitative estimate of drug-likeness (QED) is 0.808. The zero-order chi connectivity index (χ0) is 17.8. The van der Waals surface area contributed by atoms with Crippen LogP contribution >= 0.6 is 11.3 Å². The summed E-state index contributed by atoms with van der Waals surface area (Å²) in [5, 5.41) is 5.56. The van der Waals surface area contributed by atoms with E-state index < -0.39 is 0 Å².